The lowest BCUT2D eigenvalue weighted by atomic mass is 9.97. The average molecular weight is 336 g/mol. The van der Waals surface area contributed by atoms with Crippen molar-refractivity contribution in [1.82, 2.24) is 9.97 Å². The van der Waals surface area contributed by atoms with Crippen molar-refractivity contribution in [3.05, 3.63) is 69.0 Å². The number of aromatic nitrogens is 2. The molecule has 0 bridgehead atoms. The summed E-state index contributed by atoms with van der Waals surface area (Å²) in [5, 5.41) is 0.975. The summed E-state index contributed by atoms with van der Waals surface area (Å²) in [6.07, 6.45) is 0.819. The van der Waals surface area contributed by atoms with E-state index >= 15 is 0 Å². The van der Waals surface area contributed by atoms with E-state index in [1.54, 1.807) is 6.92 Å². The van der Waals surface area contributed by atoms with Crippen molar-refractivity contribution in [3.63, 3.8) is 0 Å². The number of aryl methyl sites for hydroxylation is 3. The molecule has 0 aliphatic carbocycles. The quantitative estimate of drug-likeness (QED) is 0.547. The van der Waals surface area contributed by atoms with Gasteiger partial charge in [0.05, 0.1) is 0 Å². The van der Waals surface area contributed by atoms with Crippen LogP contribution in [0.2, 0.25) is 0 Å². The summed E-state index contributed by atoms with van der Waals surface area (Å²) in [7, 11) is 0. The number of hydrogen-bond acceptors (Lipinski definition) is 5. The van der Waals surface area contributed by atoms with Gasteiger partial charge in [-0.25, -0.2) is 14.8 Å². The van der Waals surface area contributed by atoms with Gasteiger partial charge in [-0.2, -0.15) is 0 Å². The van der Waals surface area contributed by atoms with E-state index in [4.69, 9.17) is 9.40 Å². The standard InChI is InChI=1S/C19H16N2O2S/c1-10-14(9-13-7-5-4-6-8-13)11(2)20-18-15(10)16-17(24-18)19(22)23-12(3)21-16/h4-8H,9H2,1-3H3. The molecule has 0 atom stereocenters. The normalized spacial score (nSPS) is 11.5. The van der Waals surface area contributed by atoms with Crippen molar-refractivity contribution in [2.24, 2.45) is 0 Å². The molecule has 0 spiro atoms. The maximum Gasteiger partial charge on any atom is 0.357 e. The molecular weight excluding hydrogens is 320 g/mol. The monoisotopic (exact) mass is 336 g/mol. The van der Waals surface area contributed by atoms with Crippen molar-refractivity contribution >= 4 is 31.8 Å². The minimum atomic E-state index is -0.331. The summed E-state index contributed by atoms with van der Waals surface area (Å²) in [6, 6.07) is 10.3. The lowest BCUT2D eigenvalue weighted by Gasteiger charge is -2.10. The Kier molecular flexibility index (Phi) is 3.46. The second kappa shape index (κ2) is 5.53. The van der Waals surface area contributed by atoms with Crippen LogP contribution in [0.4, 0.5) is 0 Å². The highest BCUT2D eigenvalue weighted by atomic mass is 32.1. The van der Waals surface area contributed by atoms with Gasteiger partial charge in [-0.3, -0.25) is 0 Å². The van der Waals surface area contributed by atoms with Gasteiger partial charge in [0.15, 0.2) is 5.89 Å². The Hall–Kier alpha value is -2.53. The molecular formula is C19H16N2O2S. The number of hydrogen-bond donors (Lipinski definition) is 0. The number of fused-ring (bicyclic) bond motifs is 3. The van der Waals surface area contributed by atoms with Gasteiger partial charge in [0.2, 0.25) is 0 Å². The van der Waals surface area contributed by atoms with Crippen molar-refractivity contribution in [1.29, 1.82) is 0 Å². The molecule has 5 heteroatoms. The smallest absolute Gasteiger partial charge is 0.357 e. The van der Waals surface area contributed by atoms with Crippen LogP contribution in [-0.2, 0) is 6.42 Å². The van der Waals surface area contributed by atoms with Crippen LogP contribution >= 0.6 is 11.3 Å². The fraction of sp³-hybridized carbons (Fsp3) is 0.211. The predicted molar refractivity (Wildman–Crippen MR) is 96.9 cm³/mol. The third-order valence-corrected chi connectivity index (χ3v) is 5.37. The van der Waals surface area contributed by atoms with Crippen molar-refractivity contribution in [3.8, 4) is 0 Å². The molecule has 0 radical (unpaired) electrons. The number of rotatable bonds is 2. The maximum absolute atomic E-state index is 12.1. The number of pyridine rings is 1. The second-order valence-corrected chi connectivity index (χ2v) is 6.94. The molecule has 4 rings (SSSR count). The van der Waals surface area contributed by atoms with E-state index in [2.05, 4.69) is 24.0 Å². The lowest BCUT2D eigenvalue weighted by molar-refractivity contribution is 0.468. The van der Waals surface area contributed by atoms with E-state index < -0.39 is 0 Å². The van der Waals surface area contributed by atoms with Gasteiger partial charge in [-0.1, -0.05) is 30.3 Å². The fourth-order valence-corrected chi connectivity index (χ4v) is 4.23. The molecule has 120 valence electrons. The molecule has 3 aromatic heterocycles. The molecule has 0 aliphatic rings. The Morgan fingerprint density at radius 1 is 1.08 bits per heavy atom. The molecule has 0 unspecified atom stereocenters. The van der Waals surface area contributed by atoms with Crippen molar-refractivity contribution < 1.29 is 4.42 Å². The van der Waals surface area contributed by atoms with E-state index in [0.29, 0.717) is 16.1 Å². The van der Waals surface area contributed by atoms with Crippen LogP contribution in [-0.4, -0.2) is 9.97 Å². The van der Waals surface area contributed by atoms with Crippen LogP contribution in [0, 0.1) is 20.8 Å². The fourth-order valence-electron chi connectivity index (χ4n) is 3.14. The summed E-state index contributed by atoms with van der Waals surface area (Å²) < 4.78 is 5.68. The largest absolute Gasteiger partial charge is 0.408 e. The highest BCUT2D eigenvalue weighted by molar-refractivity contribution is 7.25. The Morgan fingerprint density at radius 2 is 1.83 bits per heavy atom. The molecule has 1 aromatic carbocycles. The van der Waals surface area contributed by atoms with Crippen LogP contribution in [0.15, 0.2) is 39.5 Å². The van der Waals surface area contributed by atoms with Gasteiger partial charge < -0.3 is 4.42 Å². The topological polar surface area (TPSA) is 56.0 Å². The Balaban J connectivity index is 2.02. The molecule has 4 nitrogen and oxygen atoms in total. The van der Waals surface area contributed by atoms with E-state index in [1.807, 2.05) is 25.1 Å². The van der Waals surface area contributed by atoms with Gasteiger partial charge in [-0.05, 0) is 37.0 Å². The Labute approximate surface area is 142 Å². The molecule has 0 saturated carbocycles. The maximum atomic E-state index is 12.1. The first-order valence-electron chi connectivity index (χ1n) is 7.78. The van der Waals surface area contributed by atoms with Crippen LogP contribution < -0.4 is 5.63 Å². The summed E-state index contributed by atoms with van der Waals surface area (Å²) in [6.45, 7) is 5.81. The summed E-state index contributed by atoms with van der Waals surface area (Å²) in [5.41, 5.74) is 4.96. The van der Waals surface area contributed by atoms with E-state index in [0.717, 1.165) is 27.9 Å². The van der Waals surface area contributed by atoms with Crippen molar-refractivity contribution in [2.75, 3.05) is 0 Å². The van der Waals surface area contributed by atoms with E-state index in [-0.39, 0.29) is 5.63 Å². The van der Waals surface area contributed by atoms with Gasteiger partial charge in [0, 0.05) is 18.0 Å². The Bertz CT molecular complexity index is 1130. The minimum Gasteiger partial charge on any atom is -0.408 e. The highest BCUT2D eigenvalue weighted by Crippen LogP contribution is 2.34. The second-order valence-electron chi connectivity index (χ2n) is 5.94. The molecule has 24 heavy (non-hydrogen) atoms. The minimum absolute atomic E-state index is 0.331. The van der Waals surface area contributed by atoms with Gasteiger partial charge in [0.25, 0.3) is 0 Å². The number of nitrogens with zero attached hydrogens (tertiary/aromatic N) is 2. The third kappa shape index (κ3) is 2.32. The molecule has 0 N–H and O–H groups in total. The van der Waals surface area contributed by atoms with Gasteiger partial charge >= 0.3 is 5.63 Å². The number of benzene rings is 1. The van der Waals surface area contributed by atoms with Crippen molar-refractivity contribution in [2.45, 2.75) is 27.2 Å². The van der Waals surface area contributed by atoms with Gasteiger partial charge in [-0.15, -0.1) is 11.3 Å². The average Bonchev–Trinajstić information content (AvgIpc) is 2.91. The first kappa shape index (κ1) is 15.0. The van der Waals surface area contributed by atoms with Gasteiger partial charge in [0.1, 0.15) is 15.0 Å². The Morgan fingerprint density at radius 3 is 2.58 bits per heavy atom. The zero-order valence-corrected chi connectivity index (χ0v) is 14.5. The summed E-state index contributed by atoms with van der Waals surface area (Å²) in [5.74, 6) is 0.386. The highest BCUT2D eigenvalue weighted by Gasteiger charge is 2.18. The van der Waals surface area contributed by atoms with Crippen LogP contribution in [0.5, 0.6) is 0 Å². The van der Waals surface area contributed by atoms with Crippen LogP contribution in [0.3, 0.4) is 0 Å². The molecule has 3 heterocycles. The molecule has 0 saturated heterocycles. The molecule has 0 aliphatic heterocycles. The van der Waals surface area contributed by atoms with Crippen LogP contribution in [0.25, 0.3) is 20.4 Å². The first-order valence-corrected chi connectivity index (χ1v) is 8.60. The van der Waals surface area contributed by atoms with Crippen LogP contribution in [0.1, 0.15) is 28.3 Å². The zero-order chi connectivity index (χ0) is 16.8. The lowest BCUT2D eigenvalue weighted by Crippen LogP contribution is -2.01. The third-order valence-electron chi connectivity index (χ3n) is 4.32. The first-order chi connectivity index (χ1) is 11.5. The molecule has 4 aromatic rings. The van der Waals surface area contributed by atoms with E-state index in [9.17, 15) is 4.79 Å². The van der Waals surface area contributed by atoms with E-state index in [1.165, 1.54) is 22.5 Å². The SMILES string of the molecule is Cc1nc2c(sc3nc(C)c(Cc4ccccc4)c(C)c32)c(=O)o1. The summed E-state index contributed by atoms with van der Waals surface area (Å²) >= 11 is 1.36. The molecule has 0 amide bonds. The summed E-state index contributed by atoms with van der Waals surface area (Å²) in [4.78, 5) is 22.2. The molecule has 0 fully saturated rings. The number of thiophene rings is 1. The zero-order valence-electron chi connectivity index (χ0n) is 13.7. The predicted octanol–water partition coefficient (Wildman–Crippen LogP) is 4.31.